The predicted molar refractivity (Wildman–Crippen MR) is 128 cm³/mol. The molecular weight excluding hydrogens is 418 g/mol. The Morgan fingerprint density at radius 2 is 1.94 bits per heavy atom. The lowest BCUT2D eigenvalue weighted by molar-refractivity contribution is -0.139. The highest BCUT2D eigenvalue weighted by Gasteiger charge is 2.46. The Balaban J connectivity index is 2.18. The van der Waals surface area contributed by atoms with Gasteiger partial charge >= 0.3 is 0 Å². The Bertz CT molecular complexity index is 1050. The van der Waals surface area contributed by atoms with E-state index in [-0.39, 0.29) is 16.7 Å². The van der Waals surface area contributed by atoms with Crippen LogP contribution >= 0.6 is 0 Å². The Labute approximate surface area is 195 Å². The van der Waals surface area contributed by atoms with E-state index in [1.54, 1.807) is 24.5 Å². The topological polar surface area (TPSA) is 83.0 Å². The van der Waals surface area contributed by atoms with Crippen molar-refractivity contribution < 1.29 is 19.4 Å². The highest BCUT2D eigenvalue weighted by atomic mass is 16.5. The van der Waals surface area contributed by atoms with Gasteiger partial charge in [0.1, 0.15) is 11.5 Å². The number of ether oxygens (including phenoxy) is 1. The van der Waals surface area contributed by atoms with Gasteiger partial charge in [-0.2, -0.15) is 0 Å². The van der Waals surface area contributed by atoms with E-state index in [4.69, 9.17) is 4.74 Å². The van der Waals surface area contributed by atoms with Crippen LogP contribution in [0.5, 0.6) is 5.75 Å². The number of hydrogen-bond donors (Lipinski definition) is 1. The highest BCUT2D eigenvalue weighted by molar-refractivity contribution is 6.46. The van der Waals surface area contributed by atoms with Crippen LogP contribution in [0.1, 0.15) is 49.9 Å². The maximum atomic E-state index is 13.2. The number of hydrogen-bond acceptors (Lipinski definition) is 6. The Morgan fingerprint density at radius 3 is 2.52 bits per heavy atom. The number of aliphatic hydroxyl groups is 1. The molecule has 1 fully saturated rings. The zero-order valence-electron chi connectivity index (χ0n) is 20.3. The molecule has 176 valence electrons. The number of Topliss-reactive ketones (excluding diaryl/α,β-unsaturated/α-hetero) is 1. The minimum absolute atomic E-state index is 0.0576. The third-order valence-corrected chi connectivity index (χ3v) is 5.87. The lowest BCUT2D eigenvalue weighted by atomic mass is 9.85. The summed E-state index contributed by atoms with van der Waals surface area (Å²) < 4.78 is 5.49. The Morgan fingerprint density at radius 1 is 1.21 bits per heavy atom. The van der Waals surface area contributed by atoms with Gasteiger partial charge in [-0.15, -0.1) is 0 Å². The molecule has 7 nitrogen and oxygen atoms in total. The molecule has 0 spiro atoms. The monoisotopic (exact) mass is 451 g/mol. The number of rotatable bonds is 7. The second kappa shape index (κ2) is 9.75. The third-order valence-electron chi connectivity index (χ3n) is 5.87. The molecule has 3 rings (SSSR count). The Hall–Kier alpha value is -3.19. The average Bonchev–Trinajstić information content (AvgIpc) is 3.03. The summed E-state index contributed by atoms with van der Waals surface area (Å²) in [5.74, 6) is -1.12. The lowest BCUT2D eigenvalue weighted by Crippen LogP contribution is -2.32. The molecule has 0 saturated carbocycles. The molecule has 1 saturated heterocycles. The van der Waals surface area contributed by atoms with Gasteiger partial charge in [0.15, 0.2) is 0 Å². The van der Waals surface area contributed by atoms with Crippen LogP contribution in [-0.4, -0.2) is 65.9 Å². The van der Waals surface area contributed by atoms with Crippen LogP contribution in [0.3, 0.4) is 0 Å². The SMILES string of the molecule is COc1ccc(C(C)(C)C)cc1/C(O)=C1\C(=O)C(=O)N(CCCN(C)C)C1c1cccnc1. The summed E-state index contributed by atoms with van der Waals surface area (Å²) in [6, 6.07) is 8.40. The zero-order valence-corrected chi connectivity index (χ0v) is 20.3. The summed E-state index contributed by atoms with van der Waals surface area (Å²) in [5, 5.41) is 11.4. The van der Waals surface area contributed by atoms with Gasteiger partial charge in [0.2, 0.25) is 0 Å². The first kappa shape index (κ1) is 24.5. The van der Waals surface area contributed by atoms with E-state index in [9.17, 15) is 14.7 Å². The molecule has 7 heteroatoms. The quantitative estimate of drug-likeness (QED) is 0.392. The molecular formula is C26H33N3O4. The number of carbonyl (C=O) groups excluding carboxylic acids is 2. The number of carbonyl (C=O) groups is 2. The molecule has 1 aliphatic rings. The summed E-state index contributed by atoms with van der Waals surface area (Å²) >= 11 is 0. The second-order valence-electron chi connectivity index (χ2n) is 9.60. The van der Waals surface area contributed by atoms with Gasteiger partial charge in [0.25, 0.3) is 11.7 Å². The van der Waals surface area contributed by atoms with E-state index in [2.05, 4.69) is 25.8 Å². The van der Waals surface area contributed by atoms with Crippen LogP contribution in [0.2, 0.25) is 0 Å². The van der Waals surface area contributed by atoms with Gasteiger partial charge in [-0.3, -0.25) is 14.6 Å². The Kier molecular flexibility index (Phi) is 7.22. The number of aliphatic hydroxyl groups excluding tert-OH is 1. The fraction of sp³-hybridized carbons (Fsp3) is 0.423. The molecule has 1 aliphatic heterocycles. The second-order valence-corrected chi connectivity index (χ2v) is 9.60. The summed E-state index contributed by atoms with van der Waals surface area (Å²) in [6.45, 7) is 7.36. The van der Waals surface area contributed by atoms with Crippen molar-refractivity contribution in [1.29, 1.82) is 0 Å². The molecule has 1 atom stereocenters. The largest absolute Gasteiger partial charge is 0.507 e. The van der Waals surface area contributed by atoms with E-state index in [1.165, 1.54) is 12.0 Å². The maximum Gasteiger partial charge on any atom is 0.295 e. The zero-order chi connectivity index (χ0) is 24.3. The van der Waals surface area contributed by atoms with Crippen LogP contribution in [0.15, 0.2) is 48.3 Å². The fourth-order valence-electron chi connectivity index (χ4n) is 4.06. The molecule has 2 heterocycles. The van der Waals surface area contributed by atoms with Crippen molar-refractivity contribution in [1.82, 2.24) is 14.8 Å². The van der Waals surface area contributed by atoms with E-state index in [0.717, 1.165) is 12.1 Å². The number of aromatic nitrogens is 1. The molecule has 1 aromatic carbocycles. The minimum Gasteiger partial charge on any atom is -0.507 e. The molecule has 0 aliphatic carbocycles. The van der Waals surface area contributed by atoms with Crippen LogP contribution < -0.4 is 4.74 Å². The van der Waals surface area contributed by atoms with Gasteiger partial charge in [0.05, 0.1) is 24.3 Å². The van der Waals surface area contributed by atoms with Crippen LogP contribution in [-0.2, 0) is 15.0 Å². The first-order valence-corrected chi connectivity index (χ1v) is 11.1. The van der Waals surface area contributed by atoms with Crippen molar-refractivity contribution in [2.75, 3.05) is 34.3 Å². The van der Waals surface area contributed by atoms with E-state index >= 15 is 0 Å². The first-order chi connectivity index (χ1) is 15.6. The van der Waals surface area contributed by atoms with Crippen molar-refractivity contribution in [3.63, 3.8) is 0 Å². The van der Waals surface area contributed by atoms with Crippen LogP contribution in [0.4, 0.5) is 0 Å². The summed E-state index contributed by atoms with van der Waals surface area (Å²) in [4.78, 5) is 34.0. The van der Waals surface area contributed by atoms with Crippen molar-refractivity contribution in [2.24, 2.45) is 0 Å². The molecule has 1 amide bonds. The fourth-order valence-corrected chi connectivity index (χ4v) is 4.06. The van der Waals surface area contributed by atoms with Crippen molar-refractivity contribution in [3.05, 3.63) is 65.0 Å². The minimum atomic E-state index is -0.719. The number of benzene rings is 1. The van der Waals surface area contributed by atoms with Gasteiger partial charge in [0, 0.05) is 18.9 Å². The van der Waals surface area contributed by atoms with Gasteiger partial charge in [-0.25, -0.2) is 0 Å². The van der Waals surface area contributed by atoms with E-state index in [0.29, 0.717) is 29.8 Å². The number of likely N-dealkylation sites (tertiary alicyclic amines) is 1. The van der Waals surface area contributed by atoms with Crippen molar-refractivity contribution in [2.45, 2.75) is 38.6 Å². The van der Waals surface area contributed by atoms with Crippen molar-refractivity contribution in [3.8, 4) is 5.75 Å². The molecule has 0 bridgehead atoms. The molecule has 33 heavy (non-hydrogen) atoms. The van der Waals surface area contributed by atoms with Gasteiger partial charge in [-0.05, 0) is 61.8 Å². The van der Waals surface area contributed by atoms with E-state index < -0.39 is 17.7 Å². The molecule has 1 unspecified atom stereocenters. The number of methoxy groups -OCH3 is 1. The standard InChI is InChI=1S/C26H33N3O4/c1-26(2,3)18-10-11-20(33-6)19(15-18)23(30)21-22(17-9-7-12-27-16-17)29(25(32)24(21)31)14-8-13-28(4)5/h7,9-12,15-16,22,30H,8,13-14H2,1-6H3/b23-21+. The average molecular weight is 452 g/mol. The number of amides is 1. The number of nitrogens with zero attached hydrogens (tertiary/aromatic N) is 3. The maximum absolute atomic E-state index is 13.2. The predicted octanol–water partition coefficient (Wildman–Crippen LogP) is 3.76. The first-order valence-electron chi connectivity index (χ1n) is 11.1. The van der Waals surface area contributed by atoms with Gasteiger partial charge < -0.3 is 19.6 Å². The molecule has 1 aromatic heterocycles. The number of pyridine rings is 1. The molecule has 1 N–H and O–H groups in total. The smallest absolute Gasteiger partial charge is 0.295 e. The molecule has 0 radical (unpaired) electrons. The number of ketones is 1. The van der Waals surface area contributed by atoms with Crippen LogP contribution in [0.25, 0.3) is 5.76 Å². The van der Waals surface area contributed by atoms with Gasteiger partial charge in [-0.1, -0.05) is 32.9 Å². The summed E-state index contributed by atoms with van der Waals surface area (Å²) in [5.41, 5.74) is 1.92. The summed E-state index contributed by atoms with van der Waals surface area (Å²) in [7, 11) is 5.43. The summed E-state index contributed by atoms with van der Waals surface area (Å²) in [6.07, 6.45) is 3.96. The third kappa shape index (κ3) is 5.09. The van der Waals surface area contributed by atoms with Crippen molar-refractivity contribution >= 4 is 17.4 Å². The molecule has 2 aromatic rings. The lowest BCUT2D eigenvalue weighted by Gasteiger charge is -2.26. The van der Waals surface area contributed by atoms with E-state index in [1.807, 2.05) is 37.2 Å². The highest BCUT2D eigenvalue weighted by Crippen LogP contribution is 2.41. The normalized spacial score (nSPS) is 18.3. The van der Waals surface area contributed by atoms with Crippen LogP contribution in [0, 0.1) is 0 Å².